The summed E-state index contributed by atoms with van der Waals surface area (Å²) in [5.74, 6) is 0.754. The second kappa shape index (κ2) is 4.13. The second-order valence-electron chi connectivity index (χ2n) is 4.09. The Morgan fingerprint density at radius 1 is 1.29 bits per heavy atom. The Balaban J connectivity index is 3.08. The monoisotopic (exact) mass is 213 g/mol. The Labute approximate surface area is 90.1 Å². The van der Waals surface area contributed by atoms with Crippen molar-refractivity contribution >= 4 is 17.4 Å². The fraction of sp³-hybridized carbons (Fsp3) is 0.600. The predicted molar refractivity (Wildman–Crippen MR) is 59.8 cm³/mol. The first-order valence-corrected chi connectivity index (χ1v) is 5.08. The van der Waals surface area contributed by atoms with E-state index in [1.54, 1.807) is 12.4 Å². The molecule has 0 atom stereocenters. The first kappa shape index (κ1) is 11.2. The normalized spacial score (nSPS) is 11.5. The zero-order valence-electron chi connectivity index (χ0n) is 9.08. The van der Waals surface area contributed by atoms with Crippen LogP contribution >= 0.6 is 11.6 Å². The molecule has 0 spiro atoms. The van der Waals surface area contributed by atoms with E-state index in [9.17, 15) is 0 Å². The van der Waals surface area contributed by atoms with Gasteiger partial charge >= 0.3 is 0 Å². The van der Waals surface area contributed by atoms with Crippen LogP contribution in [0.1, 0.15) is 27.7 Å². The van der Waals surface area contributed by atoms with Gasteiger partial charge < -0.3 is 4.90 Å². The lowest BCUT2D eigenvalue weighted by Gasteiger charge is -2.35. The van der Waals surface area contributed by atoms with Crippen LogP contribution in [0, 0.1) is 0 Å². The first-order chi connectivity index (χ1) is 6.46. The Morgan fingerprint density at radius 3 is 2.29 bits per heavy atom. The van der Waals surface area contributed by atoms with Crippen LogP contribution in [0.15, 0.2) is 12.4 Å². The summed E-state index contributed by atoms with van der Waals surface area (Å²) in [6, 6.07) is 0. The van der Waals surface area contributed by atoms with Gasteiger partial charge in [-0.2, -0.15) is 0 Å². The molecule has 0 unspecified atom stereocenters. The van der Waals surface area contributed by atoms with Gasteiger partial charge in [-0.05, 0) is 27.7 Å². The highest BCUT2D eigenvalue weighted by molar-refractivity contribution is 6.31. The van der Waals surface area contributed by atoms with Crippen molar-refractivity contribution in [2.45, 2.75) is 33.2 Å². The molecule has 1 rings (SSSR count). The number of hydrogen-bond acceptors (Lipinski definition) is 3. The number of rotatable bonds is 2. The zero-order chi connectivity index (χ0) is 10.8. The molecule has 0 amide bonds. The molecule has 0 bridgehead atoms. The third-order valence-corrected chi connectivity index (χ3v) is 2.28. The largest absolute Gasteiger partial charge is 0.350 e. The van der Waals surface area contributed by atoms with E-state index < -0.39 is 0 Å². The molecule has 1 aromatic heterocycles. The highest BCUT2D eigenvalue weighted by Gasteiger charge is 2.23. The molecule has 0 radical (unpaired) electrons. The Kier molecular flexibility index (Phi) is 3.32. The summed E-state index contributed by atoms with van der Waals surface area (Å²) in [7, 11) is 0. The van der Waals surface area contributed by atoms with Crippen molar-refractivity contribution in [2.24, 2.45) is 0 Å². The van der Waals surface area contributed by atoms with E-state index in [2.05, 4.69) is 42.6 Å². The fourth-order valence-corrected chi connectivity index (χ4v) is 1.64. The smallest absolute Gasteiger partial charge is 0.171 e. The van der Waals surface area contributed by atoms with Crippen molar-refractivity contribution in [1.29, 1.82) is 0 Å². The molecule has 3 nitrogen and oxygen atoms in total. The van der Waals surface area contributed by atoms with Crippen molar-refractivity contribution in [1.82, 2.24) is 9.97 Å². The van der Waals surface area contributed by atoms with Crippen LogP contribution in [0.25, 0.3) is 0 Å². The van der Waals surface area contributed by atoms with Gasteiger partial charge in [0.1, 0.15) is 0 Å². The molecular weight excluding hydrogens is 198 g/mol. The van der Waals surface area contributed by atoms with Gasteiger partial charge in [0.15, 0.2) is 11.0 Å². The number of aromatic nitrogens is 2. The van der Waals surface area contributed by atoms with E-state index in [0.29, 0.717) is 5.15 Å². The van der Waals surface area contributed by atoms with Gasteiger partial charge in [-0.1, -0.05) is 11.6 Å². The molecule has 0 aromatic carbocycles. The predicted octanol–water partition coefficient (Wildman–Crippen LogP) is 2.75. The van der Waals surface area contributed by atoms with Gasteiger partial charge in [0.2, 0.25) is 0 Å². The molecule has 1 aromatic rings. The standard InChI is InChI=1S/C10H16ClN3/c1-5-14(10(2,3)4)9-8(11)12-6-7-13-9/h6-7H,5H2,1-4H3. The molecule has 4 heteroatoms. The average Bonchev–Trinajstić information content (AvgIpc) is 2.07. The molecule has 0 aliphatic rings. The summed E-state index contributed by atoms with van der Waals surface area (Å²) < 4.78 is 0. The number of hydrogen-bond donors (Lipinski definition) is 0. The number of anilines is 1. The molecule has 0 saturated carbocycles. The third kappa shape index (κ3) is 2.35. The van der Waals surface area contributed by atoms with Crippen molar-refractivity contribution in [2.75, 3.05) is 11.4 Å². The number of nitrogens with zero attached hydrogens (tertiary/aromatic N) is 3. The summed E-state index contributed by atoms with van der Waals surface area (Å²) in [6.07, 6.45) is 3.26. The highest BCUT2D eigenvalue weighted by Crippen LogP contribution is 2.26. The molecule has 0 saturated heterocycles. The van der Waals surface area contributed by atoms with Crippen LogP contribution in [0.4, 0.5) is 5.82 Å². The molecule has 78 valence electrons. The maximum atomic E-state index is 5.99. The van der Waals surface area contributed by atoms with Gasteiger partial charge in [0, 0.05) is 24.5 Å². The molecule has 1 heterocycles. The Bertz CT molecular complexity index is 306. The third-order valence-electron chi connectivity index (χ3n) is 2.02. The summed E-state index contributed by atoms with van der Waals surface area (Å²) in [5.41, 5.74) is 0.00836. The molecule has 0 aliphatic heterocycles. The molecule has 14 heavy (non-hydrogen) atoms. The van der Waals surface area contributed by atoms with E-state index in [4.69, 9.17) is 11.6 Å². The maximum Gasteiger partial charge on any atom is 0.171 e. The van der Waals surface area contributed by atoms with Gasteiger partial charge in [0.25, 0.3) is 0 Å². The lowest BCUT2D eigenvalue weighted by molar-refractivity contribution is 0.508. The first-order valence-electron chi connectivity index (χ1n) is 4.71. The van der Waals surface area contributed by atoms with E-state index >= 15 is 0 Å². The van der Waals surface area contributed by atoms with Crippen molar-refractivity contribution < 1.29 is 0 Å². The van der Waals surface area contributed by atoms with E-state index in [1.165, 1.54) is 0 Å². The Morgan fingerprint density at radius 2 is 1.86 bits per heavy atom. The lowest BCUT2D eigenvalue weighted by atomic mass is 10.1. The minimum atomic E-state index is 0.00836. The van der Waals surface area contributed by atoms with Gasteiger partial charge in [-0.3, -0.25) is 0 Å². The topological polar surface area (TPSA) is 29.0 Å². The van der Waals surface area contributed by atoms with Crippen LogP contribution < -0.4 is 4.90 Å². The van der Waals surface area contributed by atoms with Crippen LogP contribution in [0.3, 0.4) is 0 Å². The SMILES string of the molecule is CCN(c1nccnc1Cl)C(C)(C)C. The van der Waals surface area contributed by atoms with Crippen LogP contribution in [-0.2, 0) is 0 Å². The second-order valence-corrected chi connectivity index (χ2v) is 4.44. The zero-order valence-corrected chi connectivity index (χ0v) is 9.84. The van der Waals surface area contributed by atoms with Crippen LogP contribution in [0.5, 0.6) is 0 Å². The van der Waals surface area contributed by atoms with Crippen molar-refractivity contribution in [3.05, 3.63) is 17.5 Å². The fourth-order valence-electron chi connectivity index (χ4n) is 1.44. The minimum absolute atomic E-state index is 0.00836. The molecule has 0 aliphatic carbocycles. The van der Waals surface area contributed by atoms with Gasteiger partial charge in [-0.25, -0.2) is 9.97 Å². The van der Waals surface area contributed by atoms with Crippen LogP contribution in [0.2, 0.25) is 5.15 Å². The Hall–Kier alpha value is -0.830. The van der Waals surface area contributed by atoms with E-state index in [-0.39, 0.29) is 5.54 Å². The maximum absolute atomic E-state index is 5.99. The summed E-state index contributed by atoms with van der Waals surface area (Å²) >= 11 is 5.99. The quantitative estimate of drug-likeness (QED) is 0.757. The number of halogens is 1. The molecular formula is C10H16ClN3. The van der Waals surface area contributed by atoms with E-state index in [1.807, 2.05) is 0 Å². The van der Waals surface area contributed by atoms with Crippen LogP contribution in [-0.4, -0.2) is 22.1 Å². The summed E-state index contributed by atoms with van der Waals surface area (Å²) in [6.45, 7) is 9.32. The minimum Gasteiger partial charge on any atom is -0.350 e. The van der Waals surface area contributed by atoms with E-state index in [0.717, 1.165) is 12.4 Å². The average molecular weight is 214 g/mol. The van der Waals surface area contributed by atoms with Gasteiger partial charge in [0.05, 0.1) is 0 Å². The molecule has 0 fully saturated rings. The van der Waals surface area contributed by atoms with Gasteiger partial charge in [-0.15, -0.1) is 0 Å². The summed E-state index contributed by atoms with van der Waals surface area (Å²) in [4.78, 5) is 10.4. The molecule has 0 N–H and O–H groups in total. The van der Waals surface area contributed by atoms with Crippen molar-refractivity contribution in [3.63, 3.8) is 0 Å². The van der Waals surface area contributed by atoms with Crippen molar-refractivity contribution in [3.8, 4) is 0 Å². The lowest BCUT2D eigenvalue weighted by Crippen LogP contribution is -2.42. The highest BCUT2D eigenvalue weighted by atomic mass is 35.5. The summed E-state index contributed by atoms with van der Waals surface area (Å²) in [5, 5.41) is 0.462.